The summed E-state index contributed by atoms with van der Waals surface area (Å²) in [5, 5.41) is 16.8. The van der Waals surface area contributed by atoms with E-state index in [0.29, 0.717) is 5.69 Å². The monoisotopic (exact) mass is 344 g/mol. The van der Waals surface area contributed by atoms with Gasteiger partial charge < -0.3 is 10.6 Å². The van der Waals surface area contributed by atoms with Crippen LogP contribution >= 0.6 is 0 Å². The van der Waals surface area contributed by atoms with Crippen molar-refractivity contribution in [3.8, 4) is 0 Å². The third-order valence-electron chi connectivity index (χ3n) is 3.13. The third kappa shape index (κ3) is 3.63. The highest BCUT2D eigenvalue weighted by atomic mass is 19.2. The van der Waals surface area contributed by atoms with Crippen LogP contribution in [0.3, 0.4) is 0 Å². The molecule has 2 heterocycles. The molecule has 126 valence electrons. The van der Waals surface area contributed by atoms with E-state index < -0.39 is 22.2 Å². The Morgan fingerprint density at radius 1 is 0.920 bits per heavy atom. The van der Waals surface area contributed by atoms with Crippen LogP contribution in [-0.2, 0) is 0 Å². The standard InChI is InChI=1S/C15H10F2N6O2/c16-11-2-1-10(7-12(11)17)22-15-13(23(24)25)14(19-8-20-15)21-9-3-5-18-6-4-9/h1-8H,(H2,18,19,20,21,22). The Morgan fingerprint density at radius 2 is 1.56 bits per heavy atom. The molecule has 1 aromatic carbocycles. The number of pyridine rings is 1. The molecular weight excluding hydrogens is 334 g/mol. The van der Waals surface area contributed by atoms with Crippen LogP contribution in [0.2, 0.25) is 0 Å². The molecule has 0 fully saturated rings. The van der Waals surface area contributed by atoms with Gasteiger partial charge in [0.2, 0.25) is 11.6 Å². The molecule has 8 nitrogen and oxygen atoms in total. The van der Waals surface area contributed by atoms with Gasteiger partial charge in [0.15, 0.2) is 11.6 Å². The zero-order chi connectivity index (χ0) is 17.8. The van der Waals surface area contributed by atoms with Crippen molar-refractivity contribution in [3.05, 3.63) is 70.8 Å². The molecule has 3 rings (SSSR count). The molecule has 0 aliphatic rings. The second-order valence-electron chi connectivity index (χ2n) is 4.79. The first-order valence-corrected chi connectivity index (χ1v) is 6.93. The molecule has 0 saturated carbocycles. The number of halogens is 2. The third-order valence-corrected chi connectivity index (χ3v) is 3.13. The Balaban J connectivity index is 1.97. The molecule has 2 aromatic heterocycles. The van der Waals surface area contributed by atoms with Crippen LogP contribution in [0, 0.1) is 21.7 Å². The van der Waals surface area contributed by atoms with Crippen LogP contribution in [0.25, 0.3) is 0 Å². The Morgan fingerprint density at radius 3 is 2.16 bits per heavy atom. The van der Waals surface area contributed by atoms with Gasteiger partial charge >= 0.3 is 5.69 Å². The molecule has 25 heavy (non-hydrogen) atoms. The first-order valence-electron chi connectivity index (χ1n) is 6.93. The van der Waals surface area contributed by atoms with E-state index in [2.05, 4.69) is 25.6 Å². The van der Waals surface area contributed by atoms with Crippen molar-refractivity contribution in [3.63, 3.8) is 0 Å². The summed E-state index contributed by atoms with van der Waals surface area (Å²) in [5.41, 5.74) is 0.204. The van der Waals surface area contributed by atoms with Crippen LogP contribution in [0.1, 0.15) is 0 Å². The van der Waals surface area contributed by atoms with E-state index in [1.807, 2.05) is 0 Å². The largest absolute Gasteiger partial charge is 0.353 e. The second kappa shape index (κ2) is 6.83. The molecule has 0 atom stereocenters. The SMILES string of the molecule is O=[N+]([O-])c1c(Nc2ccncc2)ncnc1Nc1ccc(F)c(F)c1. The number of rotatable bonds is 5. The minimum atomic E-state index is -1.09. The first-order chi connectivity index (χ1) is 12.0. The minimum Gasteiger partial charge on any atom is -0.334 e. The summed E-state index contributed by atoms with van der Waals surface area (Å²) in [6, 6.07) is 6.22. The van der Waals surface area contributed by atoms with Crippen molar-refractivity contribution in [2.45, 2.75) is 0 Å². The van der Waals surface area contributed by atoms with Gasteiger partial charge in [-0.2, -0.15) is 0 Å². The summed E-state index contributed by atoms with van der Waals surface area (Å²) >= 11 is 0. The molecule has 0 bridgehead atoms. The Bertz CT molecular complexity index is 923. The van der Waals surface area contributed by atoms with Gasteiger partial charge in [-0.3, -0.25) is 15.1 Å². The highest BCUT2D eigenvalue weighted by Crippen LogP contribution is 2.32. The number of nitrogens with zero attached hydrogens (tertiary/aromatic N) is 4. The average Bonchev–Trinajstić information content (AvgIpc) is 2.59. The lowest BCUT2D eigenvalue weighted by Crippen LogP contribution is -2.05. The number of benzene rings is 1. The lowest BCUT2D eigenvalue weighted by Gasteiger charge is -2.10. The Hall–Kier alpha value is -3.69. The van der Waals surface area contributed by atoms with E-state index >= 15 is 0 Å². The fourth-order valence-corrected chi connectivity index (χ4v) is 2.02. The average molecular weight is 344 g/mol. The van der Waals surface area contributed by atoms with Crippen molar-refractivity contribution < 1.29 is 13.7 Å². The molecule has 0 amide bonds. The lowest BCUT2D eigenvalue weighted by molar-refractivity contribution is -0.383. The van der Waals surface area contributed by atoms with Gasteiger partial charge in [-0.25, -0.2) is 18.7 Å². The van der Waals surface area contributed by atoms with Crippen molar-refractivity contribution in [2.24, 2.45) is 0 Å². The molecule has 0 aliphatic heterocycles. The predicted molar refractivity (Wildman–Crippen MR) is 85.8 cm³/mol. The topological polar surface area (TPSA) is 106 Å². The maximum atomic E-state index is 13.3. The fourth-order valence-electron chi connectivity index (χ4n) is 2.02. The number of nitrogens with one attached hydrogen (secondary N) is 2. The minimum absolute atomic E-state index is 0.0590. The summed E-state index contributed by atoms with van der Waals surface area (Å²) in [6.45, 7) is 0. The van der Waals surface area contributed by atoms with Crippen LogP contribution in [0.15, 0.2) is 49.1 Å². The molecule has 3 aromatic rings. The fraction of sp³-hybridized carbons (Fsp3) is 0. The van der Waals surface area contributed by atoms with E-state index in [0.717, 1.165) is 18.5 Å². The van der Waals surface area contributed by atoms with E-state index in [1.54, 1.807) is 12.1 Å². The van der Waals surface area contributed by atoms with Gasteiger partial charge in [-0.05, 0) is 24.3 Å². The van der Waals surface area contributed by atoms with Crippen LogP contribution in [0.5, 0.6) is 0 Å². The quantitative estimate of drug-likeness (QED) is 0.538. The molecule has 0 unspecified atom stereocenters. The van der Waals surface area contributed by atoms with Gasteiger partial charge in [0.25, 0.3) is 0 Å². The summed E-state index contributed by atoms with van der Waals surface area (Å²) in [5.74, 6) is -2.33. The highest BCUT2D eigenvalue weighted by molar-refractivity contribution is 5.76. The predicted octanol–water partition coefficient (Wildman–Crippen LogP) is 3.55. The number of nitro groups is 1. The normalized spacial score (nSPS) is 10.3. The zero-order valence-corrected chi connectivity index (χ0v) is 12.5. The lowest BCUT2D eigenvalue weighted by atomic mass is 10.3. The highest BCUT2D eigenvalue weighted by Gasteiger charge is 2.23. The number of hydrogen-bond donors (Lipinski definition) is 2. The summed E-state index contributed by atoms with van der Waals surface area (Å²) in [4.78, 5) is 22.3. The molecule has 10 heteroatoms. The van der Waals surface area contributed by atoms with E-state index in [9.17, 15) is 18.9 Å². The van der Waals surface area contributed by atoms with Gasteiger partial charge in [0.05, 0.1) is 4.92 Å². The van der Waals surface area contributed by atoms with E-state index in [-0.39, 0.29) is 17.3 Å². The van der Waals surface area contributed by atoms with E-state index in [1.165, 1.54) is 18.5 Å². The van der Waals surface area contributed by atoms with E-state index in [4.69, 9.17) is 0 Å². The van der Waals surface area contributed by atoms with Crippen molar-refractivity contribution in [2.75, 3.05) is 10.6 Å². The van der Waals surface area contributed by atoms with Crippen molar-refractivity contribution in [1.29, 1.82) is 0 Å². The Labute approximate surface area is 139 Å². The zero-order valence-electron chi connectivity index (χ0n) is 12.5. The molecular formula is C15H10F2N6O2. The smallest absolute Gasteiger partial charge is 0.334 e. The van der Waals surface area contributed by atoms with Gasteiger partial charge in [0.1, 0.15) is 6.33 Å². The van der Waals surface area contributed by atoms with Crippen molar-refractivity contribution in [1.82, 2.24) is 15.0 Å². The molecule has 0 saturated heterocycles. The van der Waals surface area contributed by atoms with Crippen LogP contribution < -0.4 is 10.6 Å². The molecule has 0 spiro atoms. The number of aromatic nitrogens is 3. The maximum Gasteiger partial charge on any atom is 0.353 e. The molecule has 0 radical (unpaired) electrons. The van der Waals surface area contributed by atoms with Gasteiger partial charge in [0, 0.05) is 29.8 Å². The number of hydrogen-bond acceptors (Lipinski definition) is 7. The van der Waals surface area contributed by atoms with Crippen LogP contribution in [0.4, 0.5) is 37.5 Å². The summed E-state index contributed by atoms with van der Waals surface area (Å²) in [7, 11) is 0. The van der Waals surface area contributed by atoms with Gasteiger partial charge in [-0.15, -0.1) is 0 Å². The first kappa shape index (κ1) is 16.2. The van der Waals surface area contributed by atoms with Gasteiger partial charge in [-0.1, -0.05) is 0 Å². The molecule has 2 N–H and O–H groups in total. The molecule has 0 aliphatic carbocycles. The number of anilines is 4. The van der Waals surface area contributed by atoms with Crippen molar-refractivity contribution >= 4 is 28.7 Å². The summed E-state index contributed by atoms with van der Waals surface area (Å²) < 4.78 is 26.3. The summed E-state index contributed by atoms with van der Waals surface area (Å²) in [6.07, 6.45) is 4.13. The second-order valence-corrected chi connectivity index (χ2v) is 4.79. The Kier molecular flexibility index (Phi) is 4.42. The van der Waals surface area contributed by atoms with Crippen LogP contribution in [-0.4, -0.2) is 19.9 Å². The maximum absolute atomic E-state index is 13.3.